The van der Waals surface area contributed by atoms with Crippen LogP contribution in [0, 0.1) is 0 Å². The number of nitrogens with one attached hydrogen (secondary N) is 1. The molecule has 0 spiro atoms. The zero-order valence-electron chi connectivity index (χ0n) is 11.2. The number of pyridine rings is 1. The predicted molar refractivity (Wildman–Crippen MR) is 71.8 cm³/mol. The highest BCUT2D eigenvalue weighted by atomic mass is 16.5. The van der Waals surface area contributed by atoms with Crippen LogP contribution in [-0.2, 0) is 9.53 Å². The Balaban J connectivity index is 2.14. The molecule has 2 N–H and O–H groups in total. The van der Waals surface area contributed by atoms with Crippen molar-refractivity contribution in [2.45, 2.75) is 13.0 Å². The number of hydrogen-bond donors (Lipinski definition) is 2. The summed E-state index contributed by atoms with van der Waals surface area (Å²) in [6, 6.07) is 3.42. The Hall–Kier alpha value is -2.15. The monoisotopic (exact) mass is 279 g/mol. The Morgan fingerprint density at radius 2 is 2.40 bits per heavy atom. The lowest BCUT2D eigenvalue weighted by Crippen LogP contribution is -2.46. The van der Waals surface area contributed by atoms with E-state index in [0.717, 1.165) is 5.69 Å². The van der Waals surface area contributed by atoms with Gasteiger partial charge in [0, 0.05) is 25.0 Å². The second-order valence-corrected chi connectivity index (χ2v) is 4.40. The number of aliphatic carboxylic acids is 1. The van der Waals surface area contributed by atoms with Crippen LogP contribution in [0.25, 0.3) is 0 Å². The van der Waals surface area contributed by atoms with Gasteiger partial charge >= 0.3 is 5.97 Å². The molecule has 1 aromatic rings. The van der Waals surface area contributed by atoms with Crippen molar-refractivity contribution in [3.8, 4) is 0 Å². The quantitative estimate of drug-likeness (QED) is 0.813. The number of carboxylic acid groups (broad SMARTS) is 1. The summed E-state index contributed by atoms with van der Waals surface area (Å²) in [6.45, 7) is 3.55. The average Bonchev–Trinajstić information content (AvgIpc) is 2.48. The van der Waals surface area contributed by atoms with Gasteiger partial charge in [-0.05, 0) is 19.1 Å². The van der Waals surface area contributed by atoms with Crippen LogP contribution in [0.4, 0.5) is 5.69 Å². The van der Waals surface area contributed by atoms with E-state index in [2.05, 4.69) is 10.3 Å². The maximum Gasteiger partial charge on any atom is 0.334 e. The van der Waals surface area contributed by atoms with E-state index in [4.69, 9.17) is 9.84 Å². The second-order valence-electron chi connectivity index (χ2n) is 4.40. The molecule has 2 heterocycles. The highest BCUT2D eigenvalue weighted by Gasteiger charge is 2.26. The van der Waals surface area contributed by atoms with E-state index in [1.54, 1.807) is 18.3 Å². The molecule has 1 aliphatic rings. The second kappa shape index (κ2) is 6.33. The minimum atomic E-state index is -0.979. The summed E-state index contributed by atoms with van der Waals surface area (Å²) in [7, 11) is 0. The van der Waals surface area contributed by atoms with Gasteiger partial charge < -0.3 is 20.1 Å². The van der Waals surface area contributed by atoms with E-state index in [1.807, 2.05) is 11.8 Å². The number of aromatic nitrogens is 1. The summed E-state index contributed by atoms with van der Waals surface area (Å²) in [4.78, 5) is 28.6. The maximum atomic E-state index is 11.7. The Bertz CT molecular complexity index is 506. The van der Waals surface area contributed by atoms with Gasteiger partial charge in [-0.1, -0.05) is 0 Å². The highest BCUT2D eigenvalue weighted by molar-refractivity contribution is 5.93. The van der Waals surface area contributed by atoms with Gasteiger partial charge in [0.05, 0.1) is 13.2 Å². The van der Waals surface area contributed by atoms with E-state index < -0.39 is 12.1 Å². The zero-order chi connectivity index (χ0) is 14.5. The molecule has 108 valence electrons. The Morgan fingerprint density at radius 3 is 3.10 bits per heavy atom. The zero-order valence-corrected chi connectivity index (χ0v) is 11.2. The first-order chi connectivity index (χ1) is 9.61. The Labute approximate surface area is 116 Å². The molecule has 0 saturated carbocycles. The van der Waals surface area contributed by atoms with Crippen molar-refractivity contribution in [1.82, 2.24) is 10.3 Å². The topological polar surface area (TPSA) is 91.8 Å². The van der Waals surface area contributed by atoms with Gasteiger partial charge in [0.25, 0.3) is 5.91 Å². The van der Waals surface area contributed by atoms with Crippen LogP contribution < -0.4 is 10.2 Å². The number of amides is 1. The molecular weight excluding hydrogens is 262 g/mol. The van der Waals surface area contributed by atoms with Crippen LogP contribution >= 0.6 is 0 Å². The fourth-order valence-electron chi connectivity index (χ4n) is 2.02. The van der Waals surface area contributed by atoms with Crippen molar-refractivity contribution in [2.24, 2.45) is 0 Å². The minimum Gasteiger partial charge on any atom is -0.479 e. The molecule has 1 aliphatic heterocycles. The molecule has 20 heavy (non-hydrogen) atoms. The summed E-state index contributed by atoms with van der Waals surface area (Å²) in [5.41, 5.74) is 1.10. The summed E-state index contributed by atoms with van der Waals surface area (Å²) in [6.07, 6.45) is 0.704. The maximum absolute atomic E-state index is 11.7. The number of anilines is 1. The molecular formula is C13H17N3O4. The smallest absolute Gasteiger partial charge is 0.334 e. The molecule has 7 heteroatoms. The molecule has 1 fully saturated rings. The van der Waals surface area contributed by atoms with E-state index in [9.17, 15) is 9.59 Å². The van der Waals surface area contributed by atoms with E-state index in [-0.39, 0.29) is 12.5 Å². The van der Waals surface area contributed by atoms with Gasteiger partial charge in [-0.15, -0.1) is 0 Å². The number of carbonyl (C=O) groups excluding carboxylic acids is 1. The molecule has 7 nitrogen and oxygen atoms in total. The van der Waals surface area contributed by atoms with Crippen LogP contribution in [0.2, 0.25) is 0 Å². The molecule has 1 atom stereocenters. The first-order valence-corrected chi connectivity index (χ1v) is 6.45. The number of nitrogens with zero attached hydrogens (tertiary/aromatic N) is 2. The van der Waals surface area contributed by atoms with Crippen molar-refractivity contribution in [2.75, 3.05) is 31.1 Å². The third-order valence-corrected chi connectivity index (χ3v) is 3.02. The molecule has 0 aliphatic carbocycles. The molecule has 2 rings (SSSR count). The molecule has 1 amide bonds. The first kappa shape index (κ1) is 14.3. The summed E-state index contributed by atoms with van der Waals surface area (Å²) in [5, 5.41) is 11.7. The normalized spacial score (nSPS) is 18.6. The lowest BCUT2D eigenvalue weighted by molar-refractivity contribution is -0.150. The number of morpholine rings is 1. The minimum absolute atomic E-state index is 0.239. The van der Waals surface area contributed by atoms with Crippen molar-refractivity contribution in [3.63, 3.8) is 0 Å². The van der Waals surface area contributed by atoms with Gasteiger partial charge in [-0.3, -0.25) is 9.78 Å². The third-order valence-electron chi connectivity index (χ3n) is 3.02. The molecule has 1 aromatic heterocycles. The first-order valence-electron chi connectivity index (χ1n) is 6.45. The number of carboxylic acids is 1. The number of carbonyl (C=O) groups is 2. The fourth-order valence-corrected chi connectivity index (χ4v) is 2.02. The standard InChI is InChI=1S/C13H17N3O4/c1-2-14-12(17)10-7-9(3-4-15-10)16-5-6-20-11(8-16)13(18)19/h3-4,7,11H,2,5-6,8H2,1H3,(H,14,17)(H,18,19). The molecule has 0 radical (unpaired) electrons. The molecule has 1 saturated heterocycles. The molecule has 0 aromatic carbocycles. The van der Waals surface area contributed by atoms with Gasteiger partial charge in [0.15, 0.2) is 6.10 Å². The van der Waals surface area contributed by atoms with Crippen molar-refractivity contribution < 1.29 is 19.4 Å². The van der Waals surface area contributed by atoms with E-state index >= 15 is 0 Å². The molecule has 1 unspecified atom stereocenters. The Kier molecular flexibility index (Phi) is 4.52. The third kappa shape index (κ3) is 3.24. The van der Waals surface area contributed by atoms with E-state index in [0.29, 0.717) is 25.4 Å². The van der Waals surface area contributed by atoms with E-state index in [1.165, 1.54) is 0 Å². The average molecular weight is 279 g/mol. The number of hydrogen-bond acceptors (Lipinski definition) is 5. The van der Waals surface area contributed by atoms with Crippen LogP contribution in [0.1, 0.15) is 17.4 Å². The largest absolute Gasteiger partial charge is 0.479 e. The number of ether oxygens (including phenoxy) is 1. The predicted octanol–water partition coefficient (Wildman–Crippen LogP) is 0.121. The highest BCUT2D eigenvalue weighted by Crippen LogP contribution is 2.18. The summed E-state index contributed by atoms with van der Waals surface area (Å²) >= 11 is 0. The van der Waals surface area contributed by atoms with Crippen LogP contribution in [0.3, 0.4) is 0 Å². The van der Waals surface area contributed by atoms with Gasteiger partial charge in [0.1, 0.15) is 5.69 Å². The summed E-state index contributed by atoms with van der Waals surface area (Å²) in [5.74, 6) is -1.22. The van der Waals surface area contributed by atoms with Gasteiger partial charge in [-0.25, -0.2) is 4.79 Å². The SMILES string of the molecule is CCNC(=O)c1cc(N2CCOC(C(=O)O)C2)ccn1. The summed E-state index contributed by atoms with van der Waals surface area (Å²) < 4.78 is 5.17. The van der Waals surface area contributed by atoms with Crippen molar-refractivity contribution >= 4 is 17.6 Å². The molecule has 0 bridgehead atoms. The van der Waals surface area contributed by atoms with Gasteiger partial charge in [-0.2, -0.15) is 0 Å². The lowest BCUT2D eigenvalue weighted by Gasteiger charge is -2.32. The van der Waals surface area contributed by atoms with Crippen molar-refractivity contribution in [3.05, 3.63) is 24.0 Å². The van der Waals surface area contributed by atoms with Crippen molar-refractivity contribution in [1.29, 1.82) is 0 Å². The van der Waals surface area contributed by atoms with Crippen LogP contribution in [-0.4, -0.2) is 54.3 Å². The van der Waals surface area contributed by atoms with Gasteiger partial charge in [0.2, 0.25) is 0 Å². The Morgan fingerprint density at radius 1 is 1.60 bits per heavy atom. The van der Waals surface area contributed by atoms with Crippen LogP contribution in [0.5, 0.6) is 0 Å². The van der Waals surface area contributed by atoms with Crippen LogP contribution in [0.15, 0.2) is 18.3 Å². The number of rotatable bonds is 4. The lowest BCUT2D eigenvalue weighted by atomic mass is 10.2. The fraction of sp³-hybridized carbons (Fsp3) is 0.462.